The van der Waals surface area contributed by atoms with Gasteiger partial charge in [-0.1, -0.05) is 35.9 Å². The molecule has 1 aliphatic rings. The molecule has 7 nitrogen and oxygen atoms in total. The third kappa shape index (κ3) is 6.36. The molecule has 34 heavy (non-hydrogen) atoms. The Kier molecular flexibility index (Phi) is 7.53. The Morgan fingerprint density at radius 1 is 0.912 bits per heavy atom. The van der Waals surface area contributed by atoms with Crippen LogP contribution in [-0.2, 0) is 16.6 Å². The molecule has 0 saturated carbocycles. The van der Waals surface area contributed by atoms with Crippen molar-refractivity contribution in [2.24, 2.45) is 0 Å². The van der Waals surface area contributed by atoms with Gasteiger partial charge in [0.15, 0.2) is 0 Å². The van der Waals surface area contributed by atoms with Crippen molar-refractivity contribution >= 4 is 38.9 Å². The fourth-order valence-corrected chi connectivity index (χ4v) is 5.07. The Bertz CT molecular complexity index is 1270. The van der Waals surface area contributed by atoms with Crippen LogP contribution < -0.4 is 10.0 Å². The van der Waals surface area contributed by atoms with Crippen LogP contribution in [0.2, 0.25) is 5.02 Å². The van der Waals surface area contributed by atoms with Gasteiger partial charge < -0.3 is 10.2 Å². The number of hydrogen-bond acceptors (Lipinski definition) is 5. The predicted octanol–water partition coefficient (Wildman–Crippen LogP) is 4.14. The highest BCUT2D eigenvalue weighted by Crippen LogP contribution is 2.21. The van der Waals surface area contributed by atoms with Gasteiger partial charge in [-0.15, -0.1) is 0 Å². The summed E-state index contributed by atoms with van der Waals surface area (Å²) in [5.74, 6) is -0.378. The van der Waals surface area contributed by atoms with Crippen molar-refractivity contribution in [1.29, 1.82) is 0 Å². The summed E-state index contributed by atoms with van der Waals surface area (Å²) in [5, 5.41) is 3.30. The molecular formula is C25H27ClN4O3S. The summed E-state index contributed by atoms with van der Waals surface area (Å²) in [5.41, 5.74) is 2.38. The number of anilines is 2. The third-order valence-electron chi connectivity index (χ3n) is 5.67. The van der Waals surface area contributed by atoms with E-state index in [0.29, 0.717) is 16.4 Å². The standard InChI is InChI=1S/C25H27ClN4O3S/c1-29-11-13-30(14-12-29)18-19-5-2-8-22(15-19)27-25(31)20-6-3-10-24(16-20)34(32,33)28-23-9-4-7-21(26)17-23/h2-10,15-17,28H,11-14,18H2,1H3,(H,27,31). The molecule has 9 heteroatoms. The van der Waals surface area contributed by atoms with Gasteiger partial charge in [0.25, 0.3) is 15.9 Å². The molecule has 0 unspecified atom stereocenters. The van der Waals surface area contributed by atoms with Gasteiger partial charge in [-0.05, 0) is 61.1 Å². The molecule has 0 bridgehead atoms. The van der Waals surface area contributed by atoms with Crippen LogP contribution in [0.3, 0.4) is 0 Å². The monoisotopic (exact) mass is 498 g/mol. The van der Waals surface area contributed by atoms with Crippen molar-refractivity contribution in [3.8, 4) is 0 Å². The number of nitrogens with one attached hydrogen (secondary N) is 2. The van der Waals surface area contributed by atoms with Crippen molar-refractivity contribution in [3.05, 3.63) is 88.9 Å². The van der Waals surface area contributed by atoms with E-state index in [2.05, 4.69) is 26.9 Å². The van der Waals surface area contributed by atoms with E-state index in [0.717, 1.165) is 38.3 Å². The number of nitrogens with zero attached hydrogens (tertiary/aromatic N) is 2. The van der Waals surface area contributed by atoms with E-state index in [4.69, 9.17) is 11.6 Å². The zero-order valence-corrected chi connectivity index (χ0v) is 20.4. The van der Waals surface area contributed by atoms with E-state index in [1.165, 1.54) is 18.2 Å². The van der Waals surface area contributed by atoms with Crippen molar-refractivity contribution < 1.29 is 13.2 Å². The Morgan fingerprint density at radius 2 is 1.62 bits per heavy atom. The highest BCUT2D eigenvalue weighted by Gasteiger charge is 2.18. The zero-order chi connectivity index (χ0) is 24.1. The van der Waals surface area contributed by atoms with Gasteiger partial charge in [0.05, 0.1) is 10.6 Å². The summed E-state index contributed by atoms with van der Waals surface area (Å²) in [7, 11) is -1.76. The summed E-state index contributed by atoms with van der Waals surface area (Å²) < 4.78 is 28.1. The van der Waals surface area contributed by atoms with Crippen LogP contribution >= 0.6 is 11.6 Å². The highest BCUT2D eigenvalue weighted by atomic mass is 35.5. The predicted molar refractivity (Wildman–Crippen MR) is 136 cm³/mol. The lowest BCUT2D eigenvalue weighted by atomic mass is 10.1. The number of rotatable bonds is 7. The summed E-state index contributed by atoms with van der Waals surface area (Å²) in [6.45, 7) is 4.93. The first-order valence-corrected chi connectivity index (χ1v) is 12.8. The zero-order valence-electron chi connectivity index (χ0n) is 18.9. The molecular weight excluding hydrogens is 472 g/mol. The molecule has 1 aliphatic heterocycles. The molecule has 1 fully saturated rings. The Labute approximate surface area is 205 Å². The van der Waals surface area contributed by atoms with Gasteiger partial charge in [-0.25, -0.2) is 8.42 Å². The smallest absolute Gasteiger partial charge is 0.261 e. The first kappa shape index (κ1) is 24.2. The number of carbonyl (C=O) groups is 1. The summed E-state index contributed by atoms with van der Waals surface area (Å²) in [6.07, 6.45) is 0. The Balaban J connectivity index is 1.44. The molecule has 0 spiro atoms. The van der Waals surface area contributed by atoms with Crippen LogP contribution in [0.5, 0.6) is 0 Å². The molecule has 2 N–H and O–H groups in total. The van der Waals surface area contributed by atoms with Crippen LogP contribution in [0.4, 0.5) is 11.4 Å². The van der Waals surface area contributed by atoms with Crippen molar-refractivity contribution in [3.63, 3.8) is 0 Å². The van der Waals surface area contributed by atoms with Crippen molar-refractivity contribution in [2.45, 2.75) is 11.4 Å². The Morgan fingerprint density at radius 3 is 2.38 bits per heavy atom. The van der Waals surface area contributed by atoms with Gasteiger partial charge in [0.1, 0.15) is 0 Å². The topological polar surface area (TPSA) is 81.8 Å². The van der Waals surface area contributed by atoms with Gasteiger partial charge >= 0.3 is 0 Å². The lowest BCUT2D eigenvalue weighted by Gasteiger charge is -2.32. The van der Waals surface area contributed by atoms with Crippen LogP contribution in [0.15, 0.2) is 77.7 Å². The minimum atomic E-state index is -3.88. The number of halogens is 1. The maximum Gasteiger partial charge on any atom is 0.261 e. The van der Waals surface area contributed by atoms with E-state index in [-0.39, 0.29) is 16.4 Å². The van der Waals surface area contributed by atoms with Crippen LogP contribution in [-0.4, -0.2) is 57.4 Å². The molecule has 1 amide bonds. The SMILES string of the molecule is CN1CCN(Cc2cccc(NC(=O)c3cccc(S(=O)(=O)Nc4cccc(Cl)c4)c3)c2)CC1. The molecule has 178 valence electrons. The Hall–Kier alpha value is -2.91. The quantitative estimate of drug-likeness (QED) is 0.511. The number of carbonyl (C=O) groups excluding carboxylic acids is 1. The maximum atomic E-state index is 12.9. The number of likely N-dealkylation sites (N-methyl/N-ethyl adjacent to an activating group) is 1. The first-order valence-electron chi connectivity index (χ1n) is 11.0. The van der Waals surface area contributed by atoms with E-state index in [1.807, 2.05) is 24.3 Å². The fraction of sp³-hybridized carbons (Fsp3) is 0.240. The molecule has 0 aromatic heterocycles. The van der Waals surface area contributed by atoms with Crippen LogP contribution in [0.1, 0.15) is 15.9 Å². The van der Waals surface area contributed by atoms with Gasteiger partial charge in [-0.3, -0.25) is 14.4 Å². The molecule has 0 atom stereocenters. The minimum Gasteiger partial charge on any atom is -0.322 e. The summed E-state index contributed by atoms with van der Waals surface area (Å²) in [6, 6.07) is 20.1. The summed E-state index contributed by atoms with van der Waals surface area (Å²) in [4.78, 5) is 17.6. The lowest BCUT2D eigenvalue weighted by Crippen LogP contribution is -2.43. The molecule has 3 aromatic rings. The molecule has 0 radical (unpaired) electrons. The van der Waals surface area contributed by atoms with E-state index in [9.17, 15) is 13.2 Å². The highest BCUT2D eigenvalue weighted by molar-refractivity contribution is 7.92. The number of sulfonamides is 1. The average Bonchev–Trinajstić information content (AvgIpc) is 2.81. The van der Waals surface area contributed by atoms with Gasteiger partial charge in [-0.2, -0.15) is 0 Å². The molecule has 4 rings (SSSR count). The number of piperazine rings is 1. The third-order valence-corrected chi connectivity index (χ3v) is 7.28. The van der Waals surface area contributed by atoms with Crippen molar-refractivity contribution in [1.82, 2.24) is 9.80 Å². The normalized spacial score (nSPS) is 15.1. The molecule has 1 saturated heterocycles. The van der Waals surface area contributed by atoms with Crippen LogP contribution in [0, 0.1) is 0 Å². The minimum absolute atomic E-state index is 0.0102. The van der Waals surface area contributed by atoms with Crippen LogP contribution in [0.25, 0.3) is 0 Å². The maximum absolute atomic E-state index is 12.9. The fourth-order valence-electron chi connectivity index (χ4n) is 3.79. The largest absolute Gasteiger partial charge is 0.322 e. The number of benzene rings is 3. The molecule has 3 aromatic carbocycles. The van der Waals surface area contributed by atoms with E-state index < -0.39 is 10.0 Å². The number of amides is 1. The molecule has 0 aliphatic carbocycles. The van der Waals surface area contributed by atoms with E-state index in [1.54, 1.807) is 30.3 Å². The van der Waals surface area contributed by atoms with Crippen molar-refractivity contribution in [2.75, 3.05) is 43.3 Å². The average molecular weight is 499 g/mol. The first-order chi connectivity index (χ1) is 16.3. The second-order valence-corrected chi connectivity index (χ2v) is 10.5. The lowest BCUT2D eigenvalue weighted by molar-refractivity contribution is 0.102. The number of hydrogen-bond donors (Lipinski definition) is 2. The molecule has 1 heterocycles. The second kappa shape index (κ2) is 10.6. The van der Waals surface area contributed by atoms with E-state index >= 15 is 0 Å². The second-order valence-electron chi connectivity index (χ2n) is 8.38. The summed E-state index contributed by atoms with van der Waals surface area (Å²) >= 11 is 5.94. The van der Waals surface area contributed by atoms with Gasteiger partial charge in [0.2, 0.25) is 0 Å². The van der Waals surface area contributed by atoms with Gasteiger partial charge in [0, 0.05) is 49.0 Å².